The van der Waals surface area contributed by atoms with E-state index in [2.05, 4.69) is 26.7 Å². The molecule has 28 heavy (non-hydrogen) atoms. The topological polar surface area (TPSA) is 109 Å². The van der Waals surface area contributed by atoms with E-state index in [9.17, 15) is 4.79 Å². The average molecular weight is 375 g/mol. The number of carbonyl (C=O) groups is 1. The fraction of sp³-hybridized carbons (Fsp3) is 0.100. The van der Waals surface area contributed by atoms with Crippen LogP contribution in [0.15, 0.2) is 54.7 Å². The summed E-state index contributed by atoms with van der Waals surface area (Å²) in [5.74, 6) is 0.859. The molecule has 0 saturated carbocycles. The van der Waals surface area contributed by atoms with Crippen LogP contribution in [-0.2, 0) is 0 Å². The molecular weight excluding hydrogens is 358 g/mol. The molecule has 0 aliphatic carbocycles. The second-order valence-electron chi connectivity index (χ2n) is 5.57. The summed E-state index contributed by atoms with van der Waals surface area (Å²) in [6, 6.07) is 15.6. The van der Waals surface area contributed by atoms with Crippen molar-refractivity contribution in [1.82, 2.24) is 9.97 Å². The van der Waals surface area contributed by atoms with Gasteiger partial charge in [0.2, 0.25) is 5.95 Å². The van der Waals surface area contributed by atoms with Crippen molar-refractivity contribution < 1.29 is 14.3 Å². The predicted molar refractivity (Wildman–Crippen MR) is 104 cm³/mol. The van der Waals surface area contributed by atoms with Crippen LogP contribution < -0.4 is 20.1 Å². The molecule has 140 valence electrons. The molecular formula is C20H17N5O3. The number of benzene rings is 2. The number of anilines is 3. The van der Waals surface area contributed by atoms with Crippen molar-refractivity contribution in [2.75, 3.05) is 24.9 Å². The van der Waals surface area contributed by atoms with Crippen LogP contribution in [0.4, 0.5) is 17.3 Å². The Labute approximate surface area is 161 Å². The number of ether oxygens (including phenoxy) is 2. The molecule has 1 heterocycles. The number of nitriles is 1. The first-order valence-electron chi connectivity index (χ1n) is 8.27. The maximum Gasteiger partial charge on any atom is 0.274 e. The van der Waals surface area contributed by atoms with Gasteiger partial charge in [-0.25, -0.2) is 9.97 Å². The van der Waals surface area contributed by atoms with Gasteiger partial charge in [-0.1, -0.05) is 12.1 Å². The van der Waals surface area contributed by atoms with Gasteiger partial charge in [-0.3, -0.25) is 4.79 Å². The van der Waals surface area contributed by atoms with Crippen molar-refractivity contribution in [1.29, 1.82) is 5.26 Å². The number of hydrogen-bond donors (Lipinski definition) is 2. The molecule has 3 aromatic rings. The molecule has 0 bridgehead atoms. The molecule has 0 aliphatic rings. The number of rotatable bonds is 6. The van der Waals surface area contributed by atoms with Gasteiger partial charge < -0.3 is 20.1 Å². The molecule has 0 fully saturated rings. The molecule has 0 radical (unpaired) electrons. The Morgan fingerprint density at radius 2 is 1.86 bits per heavy atom. The van der Waals surface area contributed by atoms with E-state index in [0.717, 1.165) is 0 Å². The monoisotopic (exact) mass is 375 g/mol. The number of para-hydroxylation sites is 1. The van der Waals surface area contributed by atoms with Crippen LogP contribution in [0.3, 0.4) is 0 Å². The van der Waals surface area contributed by atoms with Crippen LogP contribution in [0.25, 0.3) is 0 Å². The molecule has 0 atom stereocenters. The molecule has 2 aromatic carbocycles. The van der Waals surface area contributed by atoms with Crippen LogP contribution >= 0.6 is 0 Å². The Hall–Kier alpha value is -4.12. The van der Waals surface area contributed by atoms with Crippen LogP contribution in [0.5, 0.6) is 11.5 Å². The van der Waals surface area contributed by atoms with Crippen LogP contribution in [0, 0.1) is 11.3 Å². The van der Waals surface area contributed by atoms with E-state index in [1.807, 2.05) is 0 Å². The Kier molecular flexibility index (Phi) is 5.67. The predicted octanol–water partition coefficient (Wildman–Crippen LogP) is 3.36. The van der Waals surface area contributed by atoms with Crippen LogP contribution in [-0.4, -0.2) is 30.1 Å². The minimum absolute atomic E-state index is 0.168. The molecule has 8 heteroatoms. The number of methoxy groups -OCH3 is 2. The van der Waals surface area contributed by atoms with Crippen molar-refractivity contribution in [3.8, 4) is 17.6 Å². The lowest BCUT2D eigenvalue weighted by Crippen LogP contribution is -2.15. The lowest BCUT2D eigenvalue weighted by Gasteiger charge is -2.11. The van der Waals surface area contributed by atoms with Crippen molar-refractivity contribution in [2.24, 2.45) is 0 Å². The second-order valence-corrected chi connectivity index (χ2v) is 5.57. The third-order valence-corrected chi connectivity index (χ3v) is 3.82. The van der Waals surface area contributed by atoms with Crippen molar-refractivity contribution in [2.45, 2.75) is 0 Å². The standard InChI is InChI=1S/C20H17N5O3/c1-27-17-8-7-14(11-18(17)28-2)23-19(26)16-9-10-22-20(25-16)24-15-6-4-3-5-13(15)12-21/h3-11H,1-2H3,(H,23,26)(H,22,24,25). The Bertz CT molecular complexity index is 1050. The van der Waals surface area contributed by atoms with Gasteiger partial charge in [0, 0.05) is 18.0 Å². The first kappa shape index (κ1) is 18.7. The lowest BCUT2D eigenvalue weighted by molar-refractivity contribution is 0.102. The van der Waals surface area contributed by atoms with Gasteiger partial charge in [0.25, 0.3) is 5.91 Å². The zero-order chi connectivity index (χ0) is 19.9. The molecule has 0 aliphatic heterocycles. The second kappa shape index (κ2) is 8.51. The smallest absolute Gasteiger partial charge is 0.274 e. The largest absolute Gasteiger partial charge is 0.493 e. The maximum atomic E-state index is 12.5. The third-order valence-electron chi connectivity index (χ3n) is 3.82. The third kappa shape index (κ3) is 4.16. The summed E-state index contributed by atoms with van der Waals surface area (Å²) in [6.45, 7) is 0. The number of amides is 1. The number of nitrogens with zero attached hydrogens (tertiary/aromatic N) is 3. The summed E-state index contributed by atoms with van der Waals surface area (Å²) in [6.07, 6.45) is 1.47. The highest BCUT2D eigenvalue weighted by Gasteiger charge is 2.12. The minimum atomic E-state index is -0.411. The van der Waals surface area contributed by atoms with Gasteiger partial charge in [-0.2, -0.15) is 5.26 Å². The number of carbonyl (C=O) groups excluding carboxylic acids is 1. The SMILES string of the molecule is COc1ccc(NC(=O)c2ccnc(Nc3ccccc3C#N)n2)cc1OC. The summed E-state index contributed by atoms with van der Waals surface area (Å²) in [7, 11) is 3.06. The van der Waals surface area contributed by atoms with Gasteiger partial charge in [-0.05, 0) is 30.3 Å². The van der Waals surface area contributed by atoms with Gasteiger partial charge in [0.05, 0.1) is 25.5 Å². The number of hydrogen-bond acceptors (Lipinski definition) is 7. The van der Waals surface area contributed by atoms with Crippen molar-refractivity contribution in [3.05, 3.63) is 66.0 Å². The zero-order valence-corrected chi connectivity index (χ0v) is 15.3. The van der Waals surface area contributed by atoms with E-state index in [4.69, 9.17) is 14.7 Å². The van der Waals surface area contributed by atoms with Gasteiger partial charge in [0.1, 0.15) is 11.8 Å². The van der Waals surface area contributed by atoms with Crippen LogP contribution in [0.1, 0.15) is 16.1 Å². The molecule has 0 saturated heterocycles. The average Bonchev–Trinajstić information content (AvgIpc) is 2.74. The molecule has 0 spiro atoms. The van der Waals surface area contributed by atoms with E-state index in [1.165, 1.54) is 26.5 Å². The first-order chi connectivity index (χ1) is 13.6. The normalized spacial score (nSPS) is 9.89. The Balaban J connectivity index is 1.78. The fourth-order valence-corrected chi connectivity index (χ4v) is 2.46. The molecule has 3 rings (SSSR count). The molecule has 8 nitrogen and oxygen atoms in total. The highest BCUT2D eigenvalue weighted by molar-refractivity contribution is 6.03. The lowest BCUT2D eigenvalue weighted by atomic mass is 10.2. The Morgan fingerprint density at radius 3 is 2.61 bits per heavy atom. The maximum absolute atomic E-state index is 12.5. The van der Waals surface area contributed by atoms with Gasteiger partial charge >= 0.3 is 0 Å². The Morgan fingerprint density at radius 1 is 1.07 bits per heavy atom. The highest BCUT2D eigenvalue weighted by atomic mass is 16.5. The number of aromatic nitrogens is 2. The van der Waals surface area contributed by atoms with Crippen molar-refractivity contribution >= 4 is 23.2 Å². The van der Waals surface area contributed by atoms with Gasteiger partial charge in [0.15, 0.2) is 11.5 Å². The van der Waals surface area contributed by atoms with E-state index in [1.54, 1.807) is 42.5 Å². The highest BCUT2D eigenvalue weighted by Crippen LogP contribution is 2.29. The quantitative estimate of drug-likeness (QED) is 0.680. The van der Waals surface area contributed by atoms with E-state index < -0.39 is 5.91 Å². The van der Waals surface area contributed by atoms with E-state index in [-0.39, 0.29) is 11.6 Å². The van der Waals surface area contributed by atoms with E-state index in [0.29, 0.717) is 28.4 Å². The van der Waals surface area contributed by atoms with Gasteiger partial charge in [-0.15, -0.1) is 0 Å². The summed E-state index contributed by atoms with van der Waals surface area (Å²) >= 11 is 0. The van der Waals surface area contributed by atoms with Crippen LogP contribution in [0.2, 0.25) is 0 Å². The first-order valence-corrected chi connectivity index (χ1v) is 8.27. The summed E-state index contributed by atoms with van der Waals surface area (Å²) in [4.78, 5) is 20.9. The summed E-state index contributed by atoms with van der Waals surface area (Å²) in [5.41, 5.74) is 1.71. The zero-order valence-electron chi connectivity index (χ0n) is 15.3. The van der Waals surface area contributed by atoms with Crippen molar-refractivity contribution in [3.63, 3.8) is 0 Å². The summed E-state index contributed by atoms with van der Waals surface area (Å²) in [5, 5.41) is 14.9. The number of nitrogens with one attached hydrogen (secondary N) is 2. The molecule has 2 N–H and O–H groups in total. The fourth-order valence-electron chi connectivity index (χ4n) is 2.46. The molecule has 1 aromatic heterocycles. The molecule has 0 unspecified atom stereocenters. The molecule has 1 amide bonds. The van der Waals surface area contributed by atoms with E-state index >= 15 is 0 Å². The summed E-state index contributed by atoms with van der Waals surface area (Å²) < 4.78 is 10.4. The minimum Gasteiger partial charge on any atom is -0.493 e.